The Labute approximate surface area is 115 Å². The number of benzene rings is 1. The summed E-state index contributed by atoms with van der Waals surface area (Å²) in [5, 5.41) is 7.75. The van der Waals surface area contributed by atoms with Crippen LogP contribution in [0, 0.1) is 5.92 Å². The first kappa shape index (κ1) is 12.7. The highest BCUT2D eigenvalue weighted by atomic mass is 16.2. The Balaban J connectivity index is 1.80. The summed E-state index contributed by atoms with van der Waals surface area (Å²) in [7, 11) is 0. The van der Waals surface area contributed by atoms with E-state index in [0.29, 0.717) is 31.5 Å². The summed E-state index contributed by atoms with van der Waals surface area (Å²) in [5.41, 5.74) is 6.69. The summed E-state index contributed by atoms with van der Waals surface area (Å²) in [4.78, 5) is 25.5. The highest BCUT2D eigenvalue weighted by Crippen LogP contribution is 2.22. The molecule has 6 heteroatoms. The summed E-state index contributed by atoms with van der Waals surface area (Å²) >= 11 is 0. The predicted octanol–water partition coefficient (Wildman–Crippen LogP) is 0.900. The lowest BCUT2D eigenvalue weighted by atomic mass is 9.95. The van der Waals surface area contributed by atoms with Gasteiger partial charge in [-0.3, -0.25) is 14.7 Å². The Bertz CT molecular complexity index is 656. The van der Waals surface area contributed by atoms with Gasteiger partial charge in [-0.05, 0) is 18.9 Å². The van der Waals surface area contributed by atoms with Crippen LogP contribution in [0.5, 0.6) is 0 Å². The summed E-state index contributed by atoms with van der Waals surface area (Å²) in [6.45, 7) is 1.13. The lowest BCUT2D eigenvalue weighted by Crippen LogP contribution is -2.41. The number of amides is 2. The number of aromatic amines is 1. The molecule has 3 N–H and O–H groups in total. The van der Waals surface area contributed by atoms with E-state index in [1.165, 1.54) is 0 Å². The maximum Gasteiger partial charge on any atom is 0.256 e. The summed E-state index contributed by atoms with van der Waals surface area (Å²) in [6, 6.07) is 5.55. The number of primary amides is 1. The molecule has 1 fully saturated rings. The van der Waals surface area contributed by atoms with Crippen molar-refractivity contribution in [2.45, 2.75) is 12.8 Å². The van der Waals surface area contributed by atoms with Gasteiger partial charge in [0.25, 0.3) is 5.91 Å². The molecule has 1 aromatic carbocycles. The van der Waals surface area contributed by atoms with Crippen molar-refractivity contribution in [2.75, 3.05) is 13.1 Å². The van der Waals surface area contributed by atoms with Gasteiger partial charge in [0.2, 0.25) is 5.91 Å². The molecule has 1 aromatic heterocycles. The van der Waals surface area contributed by atoms with Crippen molar-refractivity contribution in [3.8, 4) is 0 Å². The third kappa shape index (κ3) is 2.13. The number of rotatable bonds is 2. The van der Waals surface area contributed by atoms with Gasteiger partial charge in [-0.1, -0.05) is 12.1 Å². The SMILES string of the molecule is NC(=O)C1CCN(C(=O)c2cccc3cn[nH]c23)CC1. The number of hydrogen-bond donors (Lipinski definition) is 2. The standard InChI is InChI=1S/C14H16N4O2/c15-13(19)9-4-6-18(7-5-9)14(20)11-3-1-2-10-8-16-17-12(10)11/h1-3,8-9H,4-7H2,(H2,15,19)(H,16,17). The number of nitrogens with two attached hydrogens (primary N) is 1. The number of nitrogens with one attached hydrogen (secondary N) is 1. The molecule has 6 nitrogen and oxygen atoms in total. The Hall–Kier alpha value is -2.37. The molecule has 1 aliphatic heterocycles. The fourth-order valence-corrected chi connectivity index (χ4v) is 2.68. The number of H-pyrrole nitrogens is 1. The zero-order valence-electron chi connectivity index (χ0n) is 11.0. The highest BCUT2D eigenvalue weighted by Gasteiger charge is 2.27. The number of para-hydroxylation sites is 1. The maximum atomic E-state index is 12.6. The minimum Gasteiger partial charge on any atom is -0.369 e. The molecule has 0 spiro atoms. The Morgan fingerprint density at radius 1 is 1.30 bits per heavy atom. The van der Waals surface area contributed by atoms with Crippen LogP contribution in [0.15, 0.2) is 24.4 Å². The molecule has 2 heterocycles. The monoisotopic (exact) mass is 272 g/mol. The van der Waals surface area contributed by atoms with Crippen LogP contribution < -0.4 is 5.73 Å². The van der Waals surface area contributed by atoms with Crippen LogP contribution in [0.2, 0.25) is 0 Å². The minimum atomic E-state index is -0.271. The molecular weight excluding hydrogens is 256 g/mol. The molecule has 0 saturated carbocycles. The number of carbonyl (C=O) groups excluding carboxylic acids is 2. The molecule has 0 radical (unpaired) electrons. The predicted molar refractivity (Wildman–Crippen MR) is 73.9 cm³/mol. The molecule has 3 rings (SSSR count). The number of likely N-dealkylation sites (tertiary alicyclic amines) is 1. The third-order valence-corrected chi connectivity index (χ3v) is 3.89. The number of carbonyl (C=O) groups is 2. The van der Waals surface area contributed by atoms with E-state index in [1.807, 2.05) is 12.1 Å². The molecule has 2 amide bonds. The van der Waals surface area contributed by atoms with Gasteiger partial charge in [0, 0.05) is 24.4 Å². The van der Waals surface area contributed by atoms with Gasteiger partial charge in [0.1, 0.15) is 0 Å². The largest absolute Gasteiger partial charge is 0.369 e. The van der Waals surface area contributed by atoms with Crippen molar-refractivity contribution in [3.05, 3.63) is 30.0 Å². The number of piperidine rings is 1. The molecule has 0 bridgehead atoms. The Kier molecular flexibility index (Phi) is 3.14. The second-order valence-corrected chi connectivity index (χ2v) is 5.11. The lowest BCUT2D eigenvalue weighted by Gasteiger charge is -2.30. The smallest absolute Gasteiger partial charge is 0.256 e. The molecule has 104 valence electrons. The van der Waals surface area contributed by atoms with Crippen molar-refractivity contribution in [2.24, 2.45) is 11.7 Å². The number of aromatic nitrogens is 2. The zero-order chi connectivity index (χ0) is 14.1. The number of fused-ring (bicyclic) bond motifs is 1. The topological polar surface area (TPSA) is 92.1 Å². The second-order valence-electron chi connectivity index (χ2n) is 5.11. The lowest BCUT2D eigenvalue weighted by molar-refractivity contribution is -0.123. The van der Waals surface area contributed by atoms with Crippen molar-refractivity contribution in [1.29, 1.82) is 0 Å². The molecule has 1 aliphatic rings. The van der Waals surface area contributed by atoms with Crippen LogP contribution in [-0.4, -0.2) is 40.0 Å². The van der Waals surface area contributed by atoms with E-state index >= 15 is 0 Å². The van der Waals surface area contributed by atoms with Crippen LogP contribution in [0.1, 0.15) is 23.2 Å². The van der Waals surface area contributed by atoms with E-state index in [0.717, 1.165) is 10.9 Å². The van der Waals surface area contributed by atoms with E-state index in [1.54, 1.807) is 17.2 Å². The molecule has 0 aliphatic carbocycles. The first-order valence-electron chi connectivity index (χ1n) is 6.67. The summed E-state index contributed by atoms with van der Waals surface area (Å²) in [6.07, 6.45) is 2.98. The van der Waals surface area contributed by atoms with Gasteiger partial charge in [0.15, 0.2) is 0 Å². The molecular formula is C14H16N4O2. The van der Waals surface area contributed by atoms with Crippen molar-refractivity contribution >= 4 is 22.7 Å². The molecule has 0 atom stereocenters. The van der Waals surface area contributed by atoms with Crippen molar-refractivity contribution in [3.63, 3.8) is 0 Å². The zero-order valence-corrected chi connectivity index (χ0v) is 11.0. The van der Waals surface area contributed by atoms with E-state index in [-0.39, 0.29) is 17.7 Å². The van der Waals surface area contributed by atoms with Gasteiger partial charge >= 0.3 is 0 Å². The maximum absolute atomic E-state index is 12.6. The minimum absolute atomic E-state index is 0.0252. The first-order valence-corrected chi connectivity index (χ1v) is 6.67. The van der Waals surface area contributed by atoms with Crippen molar-refractivity contribution in [1.82, 2.24) is 15.1 Å². The van der Waals surface area contributed by atoms with Crippen LogP contribution in [0.4, 0.5) is 0 Å². The fourth-order valence-electron chi connectivity index (χ4n) is 2.68. The van der Waals surface area contributed by atoms with E-state index in [9.17, 15) is 9.59 Å². The normalized spacial score (nSPS) is 16.5. The summed E-state index contributed by atoms with van der Waals surface area (Å²) < 4.78 is 0. The van der Waals surface area contributed by atoms with Gasteiger partial charge in [-0.2, -0.15) is 5.10 Å². The van der Waals surface area contributed by atoms with Gasteiger partial charge in [-0.25, -0.2) is 0 Å². The van der Waals surface area contributed by atoms with Crippen LogP contribution in [0.3, 0.4) is 0 Å². The van der Waals surface area contributed by atoms with E-state index < -0.39 is 0 Å². The highest BCUT2D eigenvalue weighted by molar-refractivity contribution is 6.05. The van der Waals surface area contributed by atoms with Crippen molar-refractivity contribution < 1.29 is 9.59 Å². The van der Waals surface area contributed by atoms with Gasteiger partial charge < -0.3 is 10.6 Å². The van der Waals surface area contributed by atoms with Crippen LogP contribution in [0.25, 0.3) is 10.9 Å². The summed E-state index contributed by atoms with van der Waals surface area (Å²) in [5.74, 6) is -0.405. The second kappa shape index (κ2) is 4.96. The molecule has 1 saturated heterocycles. The molecule has 2 aromatic rings. The Morgan fingerprint density at radius 2 is 2.05 bits per heavy atom. The van der Waals surface area contributed by atoms with E-state index in [2.05, 4.69) is 10.2 Å². The number of hydrogen-bond acceptors (Lipinski definition) is 3. The quantitative estimate of drug-likeness (QED) is 0.850. The number of nitrogens with zero attached hydrogens (tertiary/aromatic N) is 2. The molecule has 20 heavy (non-hydrogen) atoms. The average molecular weight is 272 g/mol. The van der Waals surface area contributed by atoms with E-state index in [4.69, 9.17) is 5.73 Å². The molecule has 0 unspecified atom stereocenters. The average Bonchev–Trinajstić information content (AvgIpc) is 2.95. The first-order chi connectivity index (χ1) is 9.66. The fraction of sp³-hybridized carbons (Fsp3) is 0.357. The Morgan fingerprint density at radius 3 is 2.75 bits per heavy atom. The third-order valence-electron chi connectivity index (χ3n) is 3.89. The van der Waals surface area contributed by atoms with Crippen LogP contribution >= 0.6 is 0 Å². The van der Waals surface area contributed by atoms with Crippen LogP contribution in [-0.2, 0) is 4.79 Å². The van der Waals surface area contributed by atoms with Gasteiger partial charge in [-0.15, -0.1) is 0 Å². The van der Waals surface area contributed by atoms with Gasteiger partial charge in [0.05, 0.1) is 17.3 Å².